The van der Waals surface area contributed by atoms with E-state index in [1.54, 1.807) is 17.8 Å². The molecule has 1 N–H and O–H groups in total. The lowest BCUT2D eigenvalue weighted by Crippen LogP contribution is -2.18. The normalized spacial score (nSPS) is 12.0. The minimum atomic E-state index is -0.721. The van der Waals surface area contributed by atoms with Gasteiger partial charge in [-0.1, -0.05) is 11.6 Å². The Kier molecular flexibility index (Phi) is 3.04. The first-order valence-corrected chi connectivity index (χ1v) is 5.63. The summed E-state index contributed by atoms with van der Waals surface area (Å²) in [7, 11) is 0. The van der Waals surface area contributed by atoms with E-state index in [4.69, 9.17) is 16.9 Å². The zero-order valence-corrected chi connectivity index (χ0v) is 9.55. The van der Waals surface area contributed by atoms with Crippen LogP contribution in [0.3, 0.4) is 0 Å². The molecule has 0 saturated heterocycles. The number of pyridine rings is 1. The molecule has 0 radical (unpaired) electrons. The number of rotatable bonds is 3. The van der Waals surface area contributed by atoms with Gasteiger partial charge in [0, 0.05) is 28.7 Å². The quantitative estimate of drug-likeness (QED) is 0.851. The fourth-order valence-corrected chi connectivity index (χ4v) is 2.68. The van der Waals surface area contributed by atoms with Gasteiger partial charge in [0.2, 0.25) is 6.41 Å². The second-order valence-electron chi connectivity index (χ2n) is 3.03. The monoisotopic (exact) mass is 251 g/mol. The van der Waals surface area contributed by atoms with E-state index in [0.29, 0.717) is 17.0 Å². The number of thiophene rings is 1. The van der Waals surface area contributed by atoms with Crippen LogP contribution in [0.15, 0.2) is 17.8 Å². The molecule has 1 atom stereocenters. The number of halogens is 1. The number of carbonyl (C=O) groups excluding carboxylic acids is 1. The predicted molar refractivity (Wildman–Crippen MR) is 62.2 cm³/mol. The molecule has 1 amide bonds. The number of nitriles is 1. The molecular weight excluding hydrogens is 246 g/mol. The topological polar surface area (TPSA) is 65.8 Å². The second kappa shape index (κ2) is 4.47. The maximum absolute atomic E-state index is 10.4. The molecule has 80 valence electrons. The van der Waals surface area contributed by atoms with E-state index in [0.717, 1.165) is 10.1 Å². The first kappa shape index (κ1) is 10.9. The van der Waals surface area contributed by atoms with Crippen molar-refractivity contribution in [2.45, 2.75) is 6.04 Å². The molecule has 0 aliphatic heterocycles. The van der Waals surface area contributed by atoms with Gasteiger partial charge in [-0.15, -0.1) is 11.3 Å². The Morgan fingerprint density at radius 2 is 2.44 bits per heavy atom. The van der Waals surface area contributed by atoms with Gasteiger partial charge in [0.05, 0.1) is 15.8 Å². The molecule has 0 bridgehead atoms. The molecule has 0 aliphatic carbocycles. The maximum Gasteiger partial charge on any atom is 0.208 e. The fourth-order valence-electron chi connectivity index (χ4n) is 1.46. The van der Waals surface area contributed by atoms with Gasteiger partial charge in [0.25, 0.3) is 0 Å². The van der Waals surface area contributed by atoms with Crippen LogP contribution in [0, 0.1) is 11.3 Å². The number of fused-ring (bicyclic) bond motifs is 1. The third-order valence-electron chi connectivity index (χ3n) is 2.14. The highest BCUT2D eigenvalue weighted by Gasteiger charge is 2.16. The number of hydrogen-bond donors (Lipinski definition) is 1. The van der Waals surface area contributed by atoms with Gasteiger partial charge >= 0.3 is 0 Å². The molecule has 0 fully saturated rings. The van der Waals surface area contributed by atoms with Crippen LogP contribution in [0.1, 0.15) is 11.6 Å². The van der Waals surface area contributed by atoms with Gasteiger partial charge < -0.3 is 5.32 Å². The van der Waals surface area contributed by atoms with Gasteiger partial charge in [0.15, 0.2) is 0 Å². The molecule has 2 heterocycles. The lowest BCUT2D eigenvalue weighted by atomic mass is 10.1. The first-order chi connectivity index (χ1) is 7.77. The minimum absolute atomic E-state index is 0.493. The fraction of sp³-hybridized carbons (Fsp3) is 0.100. The summed E-state index contributed by atoms with van der Waals surface area (Å²) in [6.07, 6.45) is 3.73. The van der Waals surface area contributed by atoms with E-state index in [1.165, 1.54) is 11.3 Å². The lowest BCUT2D eigenvalue weighted by molar-refractivity contribution is -0.109. The molecule has 2 aromatic rings. The Morgan fingerprint density at radius 1 is 1.62 bits per heavy atom. The highest BCUT2D eigenvalue weighted by molar-refractivity contribution is 7.17. The smallest absolute Gasteiger partial charge is 0.208 e. The summed E-state index contributed by atoms with van der Waals surface area (Å²) in [6.45, 7) is 0. The number of aromatic nitrogens is 1. The zero-order chi connectivity index (χ0) is 11.5. The third-order valence-corrected chi connectivity index (χ3v) is 3.49. The molecule has 1 unspecified atom stereocenters. The van der Waals surface area contributed by atoms with E-state index in [-0.39, 0.29) is 0 Å². The molecular formula is C10H6ClN3OS. The number of hydrogen-bond acceptors (Lipinski definition) is 4. The van der Waals surface area contributed by atoms with Crippen molar-refractivity contribution in [3.05, 3.63) is 28.4 Å². The molecule has 16 heavy (non-hydrogen) atoms. The molecule has 2 aromatic heterocycles. The first-order valence-electron chi connectivity index (χ1n) is 4.38. The van der Waals surface area contributed by atoms with Crippen molar-refractivity contribution < 1.29 is 4.79 Å². The molecule has 0 spiro atoms. The Bertz CT molecular complexity index is 575. The SMILES string of the molecule is N#CC(NC=O)c1cncc2scc(Cl)c12. The summed E-state index contributed by atoms with van der Waals surface area (Å²) in [4.78, 5) is 14.4. The number of carbonyl (C=O) groups is 1. The number of amides is 1. The van der Waals surface area contributed by atoms with Crippen LogP contribution in [0.4, 0.5) is 0 Å². The Labute approximate surface area is 100 Å². The highest BCUT2D eigenvalue weighted by Crippen LogP contribution is 2.34. The van der Waals surface area contributed by atoms with Crippen LogP contribution in [0.5, 0.6) is 0 Å². The largest absolute Gasteiger partial charge is 0.339 e. The Morgan fingerprint density at radius 3 is 3.12 bits per heavy atom. The van der Waals surface area contributed by atoms with Crippen molar-refractivity contribution in [3.8, 4) is 6.07 Å². The van der Waals surface area contributed by atoms with E-state index in [2.05, 4.69) is 10.3 Å². The van der Waals surface area contributed by atoms with Gasteiger partial charge in [-0.25, -0.2) is 0 Å². The summed E-state index contributed by atoms with van der Waals surface area (Å²) < 4.78 is 0.899. The summed E-state index contributed by atoms with van der Waals surface area (Å²) >= 11 is 7.49. The molecule has 0 saturated carbocycles. The van der Waals surface area contributed by atoms with Gasteiger partial charge in [-0.2, -0.15) is 5.26 Å². The molecule has 4 nitrogen and oxygen atoms in total. The molecule has 2 rings (SSSR count). The van der Waals surface area contributed by atoms with Crippen LogP contribution in [-0.4, -0.2) is 11.4 Å². The highest BCUT2D eigenvalue weighted by atomic mass is 35.5. The zero-order valence-electron chi connectivity index (χ0n) is 7.98. The maximum atomic E-state index is 10.4. The van der Waals surface area contributed by atoms with Crippen molar-refractivity contribution in [2.24, 2.45) is 0 Å². The van der Waals surface area contributed by atoms with E-state index in [9.17, 15) is 4.79 Å². The summed E-state index contributed by atoms with van der Waals surface area (Å²) in [6, 6.07) is 1.27. The van der Waals surface area contributed by atoms with Crippen LogP contribution < -0.4 is 5.32 Å². The molecule has 6 heteroatoms. The standard InChI is InChI=1S/C10H6ClN3OS/c11-7-4-16-9-3-13-2-6(10(7)9)8(1-12)14-5-15/h2-5,8H,(H,14,15). The lowest BCUT2D eigenvalue weighted by Gasteiger charge is -2.08. The second-order valence-corrected chi connectivity index (χ2v) is 4.35. The molecule has 0 aromatic carbocycles. The average Bonchev–Trinajstić information content (AvgIpc) is 2.68. The minimum Gasteiger partial charge on any atom is -0.339 e. The number of nitrogens with zero attached hydrogens (tertiary/aromatic N) is 2. The summed E-state index contributed by atoms with van der Waals surface area (Å²) in [5, 5.41) is 14.5. The van der Waals surface area contributed by atoms with Gasteiger partial charge in [-0.3, -0.25) is 9.78 Å². The predicted octanol–water partition coefficient (Wildman–Crippen LogP) is 2.26. The van der Waals surface area contributed by atoms with E-state index >= 15 is 0 Å². The van der Waals surface area contributed by atoms with Crippen molar-refractivity contribution in [1.82, 2.24) is 10.3 Å². The Balaban J connectivity index is 2.63. The van der Waals surface area contributed by atoms with Crippen LogP contribution in [0.25, 0.3) is 10.1 Å². The van der Waals surface area contributed by atoms with Crippen molar-refractivity contribution in [3.63, 3.8) is 0 Å². The Hall–Kier alpha value is -1.64. The van der Waals surface area contributed by atoms with E-state index < -0.39 is 6.04 Å². The van der Waals surface area contributed by atoms with Crippen LogP contribution >= 0.6 is 22.9 Å². The van der Waals surface area contributed by atoms with Crippen molar-refractivity contribution >= 4 is 39.4 Å². The molecule has 0 aliphatic rings. The third kappa shape index (κ3) is 1.73. The number of nitrogens with one attached hydrogen (secondary N) is 1. The van der Waals surface area contributed by atoms with Crippen molar-refractivity contribution in [2.75, 3.05) is 0 Å². The van der Waals surface area contributed by atoms with Gasteiger partial charge in [0.1, 0.15) is 6.04 Å². The van der Waals surface area contributed by atoms with Crippen LogP contribution in [0.2, 0.25) is 5.02 Å². The van der Waals surface area contributed by atoms with Crippen molar-refractivity contribution in [1.29, 1.82) is 5.26 Å². The summed E-state index contributed by atoms with van der Waals surface area (Å²) in [5.41, 5.74) is 0.623. The summed E-state index contributed by atoms with van der Waals surface area (Å²) in [5.74, 6) is 0. The van der Waals surface area contributed by atoms with Crippen LogP contribution in [-0.2, 0) is 4.79 Å². The average molecular weight is 252 g/mol. The van der Waals surface area contributed by atoms with E-state index in [1.807, 2.05) is 6.07 Å². The van der Waals surface area contributed by atoms with Gasteiger partial charge in [-0.05, 0) is 0 Å².